The molecule has 11 heteroatoms. The molecule has 2 amide bonds. The summed E-state index contributed by atoms with van der Waals surface area (Å²) in [7, 11) is -2.59. The van der Waals surface area contributed by atoms with E-state index in [0.29, 0.717) is 17.1 Å². The van der Waals surface area contributed by atoms with Crippen LogP contribution in [0.1, 0.15) is 21.5 Å². The Morgan fingerprint density at radius 3 is 2.17 bits per heavy atom. The van der Waals surface area contributed by atoms with Crippen LogP contribution in [-0.2, 0) is 21.4 Å². The Bertz CT molecular complexity index is 1620. The zero-order valence-corrected chi connectivity index (χ0v) is 23.0. The Morgan fingerprint density at radius 2 is 1.51 bits per heavy atom. The molecule has 210 valence electrons. The van der Waals surface area contributed by atoms with Gasteiger partial charge in [-0.05, 0) is 71.8 Å². The number of nitrogens with one attached hydrogen (secondary N) is 1. The summed E-state index contributed by atoms with van der Waals surface area (Å²) < 4.78 is 39.4. The molecule has 4 aromatic rings. The number of hydrogen-bond acceptors (Lipinski definition) is 7. The molecule has 3 N–H and O–H groups in total. The van der Waals surface area contributed by atoms with Gasteiger partial charge in [-0.2, -0.15) is 5.10 Å². The van der Waals surface area contributed by atoms with E-state index in [0.717, 1.165) is 5.56 Å². The molecule has 0 saturated carbocycles. The number of sulfonamides is 1. The normalized spacial score (nSPS) is 11.1. The molecule has 0 saturated heterocycles. The molecular weight excluding hydrogens is 544 g/mol. The molecule has 0 spiro atoms. The molecule has 0 aliphatic heterocycles. The predicted molar refractivity (Wildman–Crippen MR) is 155 cm³/mol. The fourth-order valence-electron chi connectivity index (χ4n) is 3.84. The van der Waals surface area contributed by atoms with E-state index in [1.165, 1.54) is 35.8 Å². The highest BCUT2D eigenvalue weighted by molar-refractivity contribution is 7.92. The quantitative estimate of drug-likeness (QED) is 0.196. The number of primary amides is 1. The SMILES string of the molecule is COc1ccc(S(=O)(=O)N(Cc2ccccc2)c2ccccc2C(=O)N/N=C\c2ccc(OCC(N)=O)cc2)cc1. The van der Waals surface area contributed by atoms with Crippen LogP contribution in [0.15, 0.2) is 113 Å². The standard InChI is InChI=1S/C30H28N4O6S/c1-39-24-15-17-26(18-16-24)41(37,38)34(20-23-7-3-2-4-8-23)28-10-6-5-9-27(28)30(36)33-32-19-22-11-13-25(14-12-22)40-21-29(31)35/h2-19H,20-21H2,1H3,(H2,31,35)(H,33,36)/b32-19-. The second kappa shape index (κ2) is 13.3. The van der Waals surface area contributed by atoms with Gasteiger partial charge in [-0.3, -0.25) is 13.9 Å². The lowest BCUT2D eigenvalue weighted by Crippen LogP contribution is -2.33. The number of methoxy groups -OCH3 is 1. The van der Waals surface area contributed by atoms with Gasteiger partial charge < -0.3 is 15.2 Å². The van der Waals surface area contributed by atoms with Gasteiger partial charge in [-0.15, -0.1) is 0 Å². The topological polar surface area (TPSA) is 140 Å². The molecule has 4 rings (SSSR count). The summed E-state index contributed by atoms with van der Waals surface area (Å²) in [6, 6.07) is 28.2. The van der Waals surface area contributed by atoms with Crippen LogP contribution in [0.3, 0.4) is 0 Å². The van der Waals surface area contributed by atoms with Gasteiger partial charge in [0, 0.05) is 0 Å². The first-order chi connectivity index (χ1) is 19.8. The predicted octanol–water partition coefficient (Wildman–Crippen LogP) is 3.72. The number of rotatable bonds is 12. The zero-order valence-electron chi connectivity index (χ0n) is 22.1. The lowest BCUT2D eigenvalue weighted by molar-refractivity contribution is -0.119. The third kappa shape index (κ3) is 7.49. The van der Waals surface area contributed by atoms with Crippen molar-refractivity contribution in [2.24, 2.45) is 10.8 Å². The summed E-state index contributed by atoms with van der Waals surface area (Å²) in [5, 5.41) is 4.02. The smallest absolute Gasteiger partial charge is 0.273 e. The van der Waals surface area contributed by atoms with E-state index in [2.05, 4.69) is 10.5 Å². The van der Waals surface area contributed by atoms with Crippen molar-refractivity contribution >= 4 is 33.7 Å². The number of anilines is 1. The van der Waals surface area contributed by atoms with Crippen LogP contribution >= 0.6 is 0 Å². The molecule has 0 radical (unpaired) electrons. The highest BCUT2D eigenvalue weighted by atomic mass is 32.2. The number of hydrogen-bond donors (Lipinski definition) is 2. The number of para-hydroxylation sites is 1. The van der Waals surface area contributed by atoms with Crippen molar-refractivity contribution < 1.29 is 27.5 Å². The minimum Gasteiger partial charge on any atom is -0.497 e. The fourth-order valence-corrected chi connectivity index (χ4v) is 5.31. The van der Waals surface area contributed by atoms with Gasteiger partial charge in [0.15, 0.2) is 6.61 Å². The van der Waals surface area contributed by atoms with Crippen molar-refractivity contribution in [3.8, 4) is 11.5 Å². The van der Waals surface area contributed by atoms with Crippen LogP contribution in [-0.4, -0.2) is 40.2 Å². The number of amides is 2. The molecule has 0 bridgehead atoms. The fraction of sp³-hybridized carbons (Fsp3) is 0.100. The number of carbonyl (C=O) groups is 2. The van der Waals surface area contributed by atoms with Crippen molar-refractivity contribution in [1.82, 2.24) is 5.43 Å². The van der Waals surface area contributed by atoms with Crippen LogP contribution in [0.25, 0.3) is 0 Å². The Hall–Kier alpha value is -5.16. The Kier molecular flexibility index (Phi) is 9.33. The van der Waals surface area contributed by atoms with Crippen molar-refractivity contribution in [3.05, 3.63) is 120 Å². The second-order valence-electron chi connectivity index (χ2n) is 8.71. The highest BCUT2D eigenvalue weighted by Gasteiger charge is 2.28. The Morgan fingerprint density at radius 1 is 0.878 bits per heavy atom. The molecular formula is C30H28N4O6S. The van der Waals surface area contributed by atoms with Gasteiger partial charge in [0.1, 0.15) is 11.5 Å². The number of hydrazone groups is 1. The van der Waals surface area contributed by atoms with Crippen LogP contribution in [0.4, 0.5) is 5.69 Å². The van der Waals surface area contributed by atoms with E-state index in [1.807, 2.05) is 30.3 Å². The first-order valence-corrected chi connectivity index (χ1v) is 13.9. The first kappa shape index (κ1) is 28.8. The summed E-state index contributed by atoms with van der Waals surface area (Å²) in [6.45, 7) is -0.245. The summed E-state index contributed by atoms with van der Waals surface area (Å²) >= 11 is 0. The number of nitrogens with two attached hydrogens (primary N) is 1. The van der Waals surface area contributed by atoms with E-state index in [1.54, 1.807) is 54.6 Å². The maximum absolute atomic E-state index is 13.9. The molecule has 10 nitrogen and oxygen atoms in total. The molecule has 0 aromatic heterocycles. The molecule has 4 aromatic carbocycles. The minimum absolute atomic E-state index is 0.00701. The van der Waals surface area contributed by atoms with Crippen molar-refractivity contribution in [2.45, 2.75) is 11.4 Å². The summed E-state index contributed by atoms with van der Waals surface area (Å²) in [5.74, 6) is -0.210. The lowest BCUT2D eigenvalue weighted by Gasteiger charge is -2.26. The van der Waals surface area contributed by atoms with Crippen LogP contribution < -0.4 is 24.9 Å². The monoisotopic (exact) mass is 572 g/mol. The number of nitrogens with zero attached hydrogens (tertiary/aromatic N) is 2. The summed E-state index contributed by atoms with van der Waals surface area (Å²) in [5.41, 5.74) is 9.24. The van der Waals surface area contributed by atoms with Crippen LogP contribution in [0.5, 0.6) is 11.5 Å². The summed E-state index contributed by atoms with van der Waals surface area (Å²) in [4.78, 5) is 24.1. The number of ether oxygens (including phenoxy) is 2. The summed E-state index contributed by atoms with van der Waals surface area (Å²) in [6.07, 6.45) is 1.42. The van der Waals surface area contributed by atoms with Gasteiger partial charge in [0.25, 0.3) is 21.8 Å². The van der Waals surface area contributed by atoms with Crippen molar-refractivity contribution in [2.75, 3.05) is 18.0 Å². The molecule has 0 aliphatic carbocycles. The van der Waals surface area contributed by atoms with E-state index < -0.39 is 21.8 Å². The van der Waals surface area contributed by atoms with E-state index in [4.69, 9.17) is 15.2 Å². The third-order valence-corrected chi connectivity index (χ3v) is 7.65. The number of carbonyl (C=O) groups excluding carboxylic acids is 2. The Labute approximate surface area is 238 Å². The van der Waals surface area contributed by atoms with Gasteiger partial charge in [-0.25, -0.2) is 13.8 Å². The van der Waals surface area contributed by atoms with Crippen molar-refractivity contribution in [3.63, 3.8) is 0 Å². The first-order valence-electron chi connectivity index (χ1n) is 12.4. The number of benzene rings is 4. The van der Waals surface area contributed by atoms with E-state index in [-0.39, 0.29) is 29.3 Å². The Balaban J connectivity index is 1.60. The third-order valence-electron chi connectivity index (χ3n) is 5.87. The van der Waals surface area contributed by atoms with Gasteiger partial charge in [0.2, 0.25) is 0 Å². The average molecular weight is 573 g/mol. The maximum atomic E-state index is 13.9. The molecule has 0 unspecified atom stereocenters. The van der Waals surface area contributed by atoms with Crippen LogP contribution in [0, 0.1) is 0 Å². The molecule has 0 aliphatic rings. The van der Waals surface area contributed by atoms with Crippen molar-refractivity contribution in [1.29, 1.82) is 0 Å². The van der Waals surface area contributed by atoms with E-state index >= 15 is 0 Å². The second-order valence-corrected chi connectivity index (χ2v) is 10.6. The van der Waals surface area contributed by atoms with Gasteiger partial charge >= 0.3 is 0 Å². The molecule has 0 heterocycles. The zero-order chi connectivity index (χ0) is 29.2. The highest BCUT2D eigenvalue weighted by Crippen LogP contribution is 2.30. The van der Waals surface area contributed by atoms with Gasteiger partial charge in [-0.1, -0.05) is 42.5 Å². The molecule has 41 heavy (non-hydrogen) atoms. The maximum Gasteiger partial charge on any atom is 0.273 e. The average Bonchev–Trinajstić information content (AvgIpc) is 3.00. The van der Waals surface area contributed by atoms with Crippen LogP contribution in [0.2, 0.25) is 0 Å². The molecule has 0 atom stereocenters. The van der Waals surface area contributed by atoms with Gasteiger partial charge in [0.05, 0.1) is 36.0 Å². The molecule has 0 fully saturated rings. The van der Waals surface area contributed by atoms with E-state index in [9.17, 15) is 18.0 Å². The largest absolute Gasteiger partial charge is 0.497 e. The lowest BCUT2D eigenvalue weighted by atomic mass is 10.1. The minimum atomic E-state index is -4.09.